The minimum Gasteiger partial charge on any atom is -0.379 e. The van der Waals surface area contributed by atoms with Gasteiger partial charge in [-0.2, -0.15) is 0 Å². The summed E-state index contributed by atoms with van der Waals surface area (Å²) in [6.45, 7) is 4.16. The molecule has 9 nitrogen and oxygen atoms in total. The number of carbonyl (C=O) groups excluding carboxylic acids is 2. The Morgan fingerprint density at radius 3 is 2.49 bits per heavy atom. The third-order valence-corrected chi connectivity index (χ3v) is 9.19. The van der Waals surface area contributed by atoms with Gasteiger partial charge >= 0.3 is 6.03 Å². The Balaban J connectivity index is 0.00000320. The van der Waals surface area contributed by atoms with Gasteiger partial charge in [0.2, 0.25) is 0 Å². The summed E-state index contributed by atoms with van der Waals surface area (Å²) in [5.41, 5.74) is -1.24. The molecular formula is C25H28Cl2N4O5S. The van der Waals surface area contributed by atoms with Crippen LogP contribution >= 0.6 is 24.0 Å². The first-order valence-corrected chi connectivity index (χ1v) is 13.8. The van der Waals surface area contributed by atoms with Crippen LogP contribution in [0.1, 0.15) is 31.3 Å². The van der Waals surface area contributed by atoms with E-state index in [1.807, 2.05) is 0 Å². The minimum absolute atomic E-state index is 0. The fourth-order valence-electron chi connectivity index (χ4n) is 5.14. The second-order valence-corrected chi connectivity index (χ2v) is 12.2. The molecule has 2 aliphatic heterocycles. The van der Waals surface area contributed by atoms with Crippen molar-refractivity contribution in [1.82, 2.24) is 19.4 Å². The third kappa shape index (κ3) is 5.07. The van der Waals surface area contributed by atoms with Gasteiger partial charge in [-0.3, -0.25) is 9.36 Å². The average molecular weight is 567 g/mol. The lowest BCUT2D eigenvalue weighted by atomic mass is 10.0. The number of benzene rings is 2. The molecule has 0 aliphatic carbocycles. The van der Waals surface area contributed by atoms with E-state index in [0.29, 0.717) is 48.7 Å². The highest BCUT2D eigenvalue weighted by Gasteiger charge is 2.42. The Labute approximate surface area is 226 Å². The number of imidazole rings is 1. The van der Waals surface area contributed by atoms with E-state index < -0.39 is 27.1 Å². The lowest BCUT2D eigenvalue weighted by Crippen LogP contribution is -2.55. The summed E-state index contributed by atoms with van der Waals surface area (Å²) >= 11 is 6.00. The Hall–Kier alpha value is -2.66. The zero-order valence-corrected chi connectivity index (χ0v) is 22.8. The number of sulfone groups is 1. The van der Waals surface area contributed by atoms with Crippen LogP contribution in [-0.2, 0) is 21.2 Å². The second-order valence-electron chi connectivity index (χ2n) is 9.75. The van der Waals surface area contributed by atoms with Crippen molar-refractivity contribution in [2.45, 2.75) is 49.8 Å². The van der Waals surface area contributed by atoms with Crippen LogP contribution in [-0.4, -0.2) is 75.3 Å². The van der Waals surface area contributed by atoms with E-state index >= 15 is 0 Å². The zero-order valence-electron chi connectivity index (χ0n) is 20.4. The summed E-state index contributed by atoms with van der Waals surface area (Å²) in [6.07, 6.45) is 2.80. The standard InChI is InChI=1S/C25H27ClN4O5S.ClH/c1-16-27-13-21-14-29(24(32)30(16)21)20-7-9-28(10-8-20)23(31)25(2,33)15-36(34,35)22-6-4-17-11-19(26)5-3-18(17)12-22;/h3-6,11-13,20,33H,7-10,14-15H2,1-2H3;1H. The molecule has 37 heavy (non-hydrogen) atoms. The van der Waals surface area contributed by atoms with Crippen LogP contribution in [0.3, 0.4) is 0 Å². The molecule has 2 aliphatic rings. The third-order valence-electron chi connectivity index (χ3n) is 7.04. The van der Waals surface area contributed by atoms with E-state index in [4.69, 9.17) is 11.6 Å². The lowest BCUT2D eigenvalue weighted by Gasteiger charge is -2.38. The van der Waals surface area contributed by atoms with Gasteiger partial charge in [-0.05, 0) is 61.7 Å². The molecule has 0 bridgehead atoms. The number of nitrogens with zero attached hydrogens (tertiary/aromatic N) is 4. The zero-order chi connectivity index (χ0) is 25.8. The summed E-state index contributed by atoms with van der Waals surface area (Å²) in [5.74, 6) is -0.710. The van der Waals surface area contributed by atoms with Gasteiger partial charge in [0.05, 0.1) is 29.1 Å². The van der Waals surface area contributed by atoms with Gasteiger partial charge in [-0.15, -0.1) is 12.4 Å². The highest BCUT2D eigenvalue weighted by molar-refractivity contribution is 7.91. The molecule has 12 heteroatoms. The molecule has 0 saturated carbocycles. The summed E-state index contributed by atoms with van der Waals surface area (Å²) < 4.78 is 27.8. The molecule has 198 valence electrons. The van der Waals surface area contributed by atoms with Gasteiger partial charge in [-0.25, -0.2) is 18.2 Å². The van der Waals surface area contributed by atoms with Crippen LogP contribution in [0, 0.1) is 6.92 Å². The smallest absolute Gasteiger partial charge is 0.330 e. The van der Waals surface area contributed by atoms with Gasteiger partial charge in [0.1, 0.15) is 5.82 Å². The van der Waals surface area contributed by atoms with Crippen molar-refractivity contribution < 1.29 is 23.1 Å². The average Bonchev–Trinajstić information content (AvgIpc) is 3.37. The van der Waals surface area contributed by atoms with Crippen LogP contribution in [0.5, 0.6) is 0 Å². The fourth-order valence-corrected chi connectivity index (χ4v) is 6.94. The molecule has 1 saturated heterocycles. The quantitative estimate of drug-likeness (QED) is 0.506. The van der Waals surface area contributed by atoms with Gasteiger partial charge < -0.3 is 14.9 Å². The maximum absolute atomic E-state index is 13.2. The normalized spacial score (nSPS) is 18.0. The lowest BCUT2D eigenvalue weighted by molar-refractivity contribution is -0.149. The Bertz CT molecular complexity index is 1480. The maximum Gasteiger partial charge on any atom is 0.330 e. The molecule has 3 heterocycles. The largest absolute Gasteiger partial charge is 0.379 e. The molecule has 1 aromatic heterocycles. The highest BCUT2D eigenvalue weighted by Crippen LogP contribution is 2.28. The predicted octanol–water partition coefficient (Wildman–Crippen LogP) is 3.42. The summed E-state index contributed by atoms with van der Waals surface area (Å²) in [7, 11) is -3.95. The molecule has 0 radical (unpaired) electrons. The first-order chi connectivity index (χ1) is 17.0. The molecule has 2 amide bonds. The predicted molar refractivity (Wildman–Crippen MR) is 142 cm³/mol. The maximum atomic E-state index is 13.2. The number of carbonyl (C=O) groups is 2. The first-order valence-electron chi connectivity index (χ1n) is 11.7. The molecule has 1 atom stereocenters. The van der Waals surface area contributed by atoms with Crippen molar-refractivity contribution in [3.8, 4) is 0 Å². The highest BCUT2D eigenvalue weighted by atomic mass is 35.5. The van der Waals surface area contributed by atoms with Gasteiger partial charge in [0.25, 0.3) is 5.91 Å². The van der Waals surface area contributed by atoms with Crippen molar-refractivity contribution >= 4 is 56.6 Å². The van der Waals surface area contributed by atoms with Crippen LogP contribution in [0.2, 0.25) is 5.02 Å². The molecule has 2 aromatic carbocycles. The molecule has 3 aromatic rings. The van der Waals surface area contributed by atoms with Gasteiger partial charge in [0, 0.05) is 24.2 Å². The van der Waals surface area contributed by atoms with Crippen molar-refractivity contribution in [3.63, 3.8) is 0 Å². The monoisotopic (exact) mass is 566 g/mol. The second kappa shape index (κ2) is 9.90. The topological polar surface area (TPSA) is 113 Å². The molecule has 1 N–H and O–H groups in total. The molecule has 0 spiro atoms. The number of halogens is 2. The number of fused-ring (bicyclic) bond motifs is 2. The Kier molecular flexibility index (Phi) is 7.33. The number of amides is 2. The van der Waals surface area contributed by atoms with E-state index in [1.54, 1.807) is 46.9 Å². The Morgan fingerprint density at radius 1 is 1.16 bits per heavy atom. The molecule has 1 unspecified atom stereocenters. The van der Waals surface area contributed by atoms with Crippen molar-refractivity contribution in [2.24, 2.45) is 0 Å². The number of piperidine rings is 1. The number of hydrogen-bond acceptors (Lipinski definition) is 6. The van der Waals surface area contributed by atoms with E-state index in [2.05, 4.69) is 4.98 Å². The number of aryl methyl sites for hydroxylation is 1. The Morgan fingerprint density at radius 2 is 1.81 bits per heavy atom. The van der Waals surface area contributed by atoms with Crippen LogP contribution in [0.4, 0.5) is 4.79 Å². The van der Waals surface area contributed by atoms with Gasteiger partial charge in [-0.1, -0.05) is 23.7 Å². The first kappa shape index (κ1) is 27.4. The van der Waals surface area contributed by atoms with Crippen LogP contribution in [0.15, 0.2) is 47.5 Å². The minimum atomic E-state index is -3.95. The number of hydrogen-bond donors (Lipinski definition) is 1. The molecular weight excluding hydrogens is 539 g/mol. The van der Waals surface area contributed by atoms with Crippen molar-refractivity contribution in [1.29, 1.82) is 0 Å². The van der Waals surface area contributed by atoms with Gasteiger partial charge in [0.15, 0.2) is 15.4 Å². The van der Waals surface area contributed by atoms with Crippen molar-refractivity contribution in [2.75, 3.05) is 18.8 Å². The fraction of sp³-hybridized carbons (Fsp3) is 0.400. The van der Waals surface area contributed by atoms with Crippen LogP contribution < -0.4 is 0 Å². The number of aromatic nitrogens is 2. The van der Waals surface area contributed by atoms with Crippen molar-refractivity contribution in [3.05, 3.63) is 59.1 Å². The summed E-state index contributed by atoms with van der Waals surface area (Å²) in [6, 6.07) is 9.62. The van der Waals surface area contributed by atoms with E-state index in [1.165, 1.54) is 24.0 Å². The number of aliphatic hydroxyl groups is 1. The van der Waals surface area contributed by atoms with E-state index in [9.17, 15) is 23.1 Å². The number of rotatable bonds is 5. The number of likely N-dealkylation sites (tertiary alicyclic amines) is 1. The van der Waals surface area contributed by atoms with E-state index in [0.717, 1.165) is 11.1 Å². The summed E-state index contributed by atoms with van der Waals surface area (Å²) in [4.78, 5) is 33.4. The molecule has 5 rings (SSSR count). The van der Waals surface area contributed by atoms with E-state index in [-0.39, 0.29) is 29.4 Å². The summed E-state index contributed by atoms with van der Waals surface area (Å²) in [5, 5.41) is 13.0. The SMILES string of the molecule is Cc1ncc2n1C(=O)N(C1CCN(C(=O)C(C)(O)CS(=O)(=O)c3ccc4cc(Cl)ccc4c3)CC1)C2.Cl. The van der Waals surface area contributed by atoms with Crippen LogP contribution in [0.25, 0.3) is 10.8 Å². The molecule has 1 fully saturated rings.